The van der Waals surface area contributed by atoms with Crippen molar-refractivity contribution in [3.63, 3.8) is 0 Å². The summed E-state index contributed by atoms with van der Waals surface area (Å²) in [7, 11) is -3.68. The Kier molecular flexibility index (Phi) is 6.72. The first-order chi connectivity index (χ1) is 15.9. The van der Waals surface area contributed by atoms with E-state index in [-0.39, 0.29) is 22.0 Å². The Balaban J connectivity index is 1.51. The molecule has 0 spiro atoms. The molecule has 33 heavy (non-hydrogen) atoms. The Labute approximate surface area is 193 Å². The van der Waals surface area contributed by atoms with E-state index in [2.05, 4.69) is 0 Å². The van der Waals surface area contributed by atoms with E-state index in [0.717, 1.165) is 19.3 Å². The molecule has 0 radical (unpaired) electrons. The molecule has 1 heterocycles. The van der Waals surface area contributed by atoms with Gasteiger partial charge in [0.15, 0.2) is 5.78 Å². The summed E-state index contributed by atoms with van der Waals surface area (Å²) in [6.07, 6.45) is 2.69. The van der Waals surface area contributed by atoms with Crippen LogP contribution < -0.4 is 4.74 Å². The van der Waals surface area contributed by atoms with Gasteiger partial charge in [-0.3, -0.25) is 4.79 Å². The number of hydrogen-bond acceptors (Lipinski definition) is 5. The highest BCUT2D eigenvalue weighted by Crippen LogP contribution is 2.25. The van der Waals surface area contributed by atoms with Crippen LogP contribution in [0, 0.1) is 6.92 Å². The van der Waals surface area contributed by atoms with Gasteiger partial charge in [-0.1, -0.05) is 42.8 Å². The molecule has 0 amide bonds. The predicted molar refractivity (Wildman–Crippen MR) is 125 cm³/mol. The van der Waals surface area contributed by atoms with Gasteiger partial charge >= 0.3 is 5.97 Å². The van der Waals surface area contributed by atoms with E-state index in [0.29, 0.717) is 29.8 Å². The molecule has 1 aliphatic rings. The van der Waals surface area contributed by atoms with Gasteiger partial charge in [0.1, 0.15) is 5.75 Å². The van der Waals surface area contributed by atoms with Gasteiger partial charge < -0.3 is 4.74 Å². The average molecular weight is 464 g/mol. The number of nitrogens with zero attached hydrogens (tertiary/aromatic N) is 1. The van der Waals surface area contributed by atoms with Crippen LogP contribution in [0.4, 0.5) is 0 Å². The topological polar surface area (TPSA) is 80.8 Å². The van der Waals surface area contributed by atoms with Crippen molar-refractivity contribution in [2.24, 2.45) is 0 Å². The number of esters is 1. The molecule has 0 bridgehead atoms. The molecular weight excluding hydrogens is 438 g/mol. The average Bonchev–Trinajstić information content (AvgIpc) is 2.85. The fourth-order valence-corrected chi connectivity index (χ4v) is 5.61. The molecule has 0 atom stereocenters. The number of benzene rings is 3. The fourth-order valence-electron chi connectivity index (χ4n) is 3.85. The van der Waals surface area contributed by atoms with Gasteiger partial charge in [-0.2, -0.15) is 4.31 Å². The molecule has 0 N–H and O–H groups in total. The van der Waals surface area contributed by atoms with Crippen LogP contribution in [-0.4, -0.2) is 37.6 Å². The zero-order valence-corrected chi connectivity index (χ0v) is 19.2. The lowest BCUT2D eigenvalue weighted by atomic mass is 10.0. The molecule has 1 fully saturated rings. The second kappa shape index (κ2) is 9.68. The second-order valence-electron chi connectivity index (χ2n) is 8.05. The van der Waals surface area contributed by atoms with Crippen LogP contribution in [0.5, 0.6) is 5.75 Å². The van der Waals surface area contributed by atoms with Gasteiger partial charge in [-0.15, -0.1) is 0 Å². The van der Waals surface area contributed by atoms with Crippen LogP contribution in [0.15, 0.2) is 77.7 Å². The third kappa shape index (κ3) is 5.05. The van der Waals surface area contributed by atoms with Gasteiger partial charge in [0, 0.05) is 24.2 Å². The summed E-state index contributed by atoms with van der Waals surface area (Å²) in [5.41, 5.74) is 1.79. The Morgan fingerprint density at radius 2 is 1.39 bits per heavy atom. The number of piperidine rings is 1. The lowest BCUT2D eigenvalue weighted by Crippen LogP contribution is -2.36. The van der Waals surface area contributed by atoms with Crippen LogP contribution >= 0.6 is 0 Å². The van der Waals surface area contributed by atoms with Crippen LogP contribution in [0.1, 0.15) is 51.1 Å². The normalized spacial score (nSPS) is 14.6. The van der Waals surface area contributed by atoms with Crippen molar-refractivity contribution in [3.8, 4) is 5.75 Å². The zero-order valence-electron chi connectivity index (χ0n) is 18.4. The van der Waals surface area contributed by atoms with E-state index >= 15 is 0 Å². The van der Waals surface area contributed by atoms with Crippen molar-refractivity contribution in [2.75, 3.05) is 13.1 Å². The molecule has 1 saturated heterocycles. The van der Waals surface area contributed by atoms with Crippen LogP contribution in [0.25, 0.3) is 0 Å². The number of hydrogen-bond donors (Lipinski definition) is 0. The van der Waals surface area contributed by atoms with E-state index in [1.807, 2.05) is 6.07 Å². The lowest BCUT2D eigenvalue weighted by molar-refractivity contribution is 0.0734. The van der Waals surface area contributed by atoms with Crippen LogP contribution in [-0.2, 0) is 10.0 Å². The number of sulfonamides is 1. The number of ether oxygens (including phenoxy) is 1. The summed E-state index contributed by atoms with van der Waals surface area (Å²) < 4.78 is 33.1. The summed E-state index contributed by atoms with van der Waals surface area (Å²) in [6, 6.07) is 19.8. The summed E-state index contributed by atoms with van der Waals surface area (Å²) >= 11 is 0. The molecule has 0 aromatic heterocycles. The Hall–Kier alpha value is -3.29. The number of carbonyl (C=O) groups is 2. The summed E-state index contributed by atoms with van der Waals surface area (Å²) in [5.74, 6) is -0.516. The highest BCUT2D eigenvalue weighted by molar-refractivity contribution is 7.89. The lowest BCUT2D eigenvalue weighted by Gasteiger charge is -2.26. The van der Waals surface area contributed by atoms with Crippen molar-refractivity contribution in [1.29, 1.82) is 0 Å². The fraction of sp³-hybridized carbons (Fsp3) is 0.231. The zero-order chi connectivity index (χ0) is 23.4. The minimum absolute atomic E-state index is 0.125. The molecule has 7 heteroatoms. The number of carbonyl (C=O) groups excluding carboxylic acids is 2. The second-order valence-corrected chi connectivity index (χ2v) is 9.96. The van der Waals surface area contributed by atoms with Crippen molar-refractivity contribution in [3.05, 3.63) is 95.1 Å². The largest absolute Gasteiger partial charge is 0.423 e. The van der Waals surface area contributed by atoms with Crippen molar-refractivity contribution >= 4 is 21.8 Å². The maximum Gasteiger partial charge on any atom is 0.343 e. The molecule has 170 valence electrons. The maximum absolute atomic E-state index is 13.1. The van der Waals surface area contributed by atoms with E-state index in [1.54, 1.807) is 67.6 Å². The monoisotopic (exact) mass is 463 g/mol. The van der Waals surface area contributed by atoms with Crippen molar-refractivity contribution < 1.29 is 22.7 Å². The Bertz CT molecular complexity index is 1260. The maximum atomic E-state index is 13.1. The molecule has 1 aliphatic heterocycles. The molecule has 0 saturated carbocycles. The first kappa shape index (κ1) is 22.9. The third-order valence-corrected chi connectivity index (χ3v) is 7.76. The summed E-state index contributed by atoms with van der Waals surface area (Å²) in [6.45, 7) is 2.70. The minimum Gasteiger partial charge on any atom is -0.423 e. The molecular formula is C26H25NO5S. The Morgan fingerprint density at radius 1 is 0.788 bits per heavy atom. The highest BCUT2D eigenvalue weighted by atomic mass is 32.2. The molecule has 6 nitrogen and oxygen atoms in total. The minimum atomic E-state index is -3.68. The molecule has 3 aromatic carbocycles. The first-order valence-electron chi connectivity index (χ1n) is 10.9. The number of aryl methyl sites for hydroxylation is 1. The molecule has 0 unspecified atom stereocenters. The van der Waals surface area contributed by atoms with Gasteiger partial charge in [0.05, 0.1) is 10.5 Å². The Morgan fingerprint density at radius 3 is 2.06 bits per heavy atom. The molecule has 3 aromatic rings. The molecule has 0 aliphatic carbocycles. The standard InChI is InChI=1S/C26H25NO5S/c1-19-10-11-22(18-24(19)33(30,31)27-16-6-3-7-17-27)26(29)32-23-14-12-21(13-15-23)25(28)20-8-4-2-5-9-20/h2,4-5,8-15,18H,3,6-7,16-17H2,1H3. The van der Waals surface area contributed by atoms with Crippen molar-refractivity contribution in [1.82, 2.24) is 4.31 Å². The SMILES string of the molecule is Cc1ccc(C(=O)Oc2ccc(C(=O)c3ccccc3)cc2)cc1S(=O)(=O)N1CCCCC1. The van der Waals surface area contributed by atoms with Crippen molar-refractivity contribution in [2.45, 2.75) is 31.1 Å². The van der Waals surface area contributed by atoms with E-state index in [9.17, 15) is 18.0 Å². The number of rotatable bonds is 6. The van der Waals surface area contributed by atoms with Gasteiger partial charge in [-0.05, 0) is 61.7 Å². The van der Waals surface area contributed by atoms with E-state index in [4.69, 9.17) is 4.74 Å². The smallest absolute Gasteiger partial charge is 0.343 e. The van der Waals surface area contributed by atoms with Gasteiger partial charge in [-0.25, -0.2) is 13.2 Å². The van der Waals surface area contributed by atoms with Gasteiger partial charge in [0.2, 0.25) is 10.0 Å². The van der Waals surface area contributed by atoms with Crippen LogP contribution in [0.3, 0.4) is 0 Å². The van der Waals surface area contributed by atoms with E-state index < -0.39 is 16.0 Å². The summed E-state index contributed by atoms with van der Waals surface area (Å²) in [4.78, 5) is 25.4. The van der Waals surface area contributed by atoms with E-state index in [1.165, 1.54) is 10.4 Å². The predicted octanol–water partition coefficient (Wildman–Crippen LogP) is 4.62. The quantitative estimate of drug-likeness (QED) is 0.303. The third-order valence-electron chi connectivity index (χ3n) is 5.72. The summed E-state index contributed by atoms with van der Waals surface area (Å²) in [5, 5.41) is 0. The van der Waals surface area contributed by atoms with Gasteiger partial charge in [0.25, 0.3) is 0 Å². The number of ketones is 1. The molecule has 4 rings (SSSR count). The first-order valence-corrected chi connectivity index (χ1v) is 12.3. The highest BCUT2D eigenvalue weighted by Gasteiger charge is 2.28. The van der Waals surface area contributed by atoms with Crippen LogP contribution in [0.2, 0.25) is 0 Å².